The fourth-order valence-corrected chi connectivity index (χ4v) is 4.91. The quantitative estimate of drug-likeness (QED) is 0.805. The third kappa shape index (κ3) is 3.37. The predicted octanol–water partition coefficient (Wildman–Crippen LogP) is 4.66. The number of likely N-dealkylation sites (tertiary alicyclic amines) is 1. The number of hydrogen-bond acceptors (Lipinski definition) is 3. The van der Waals surface area contributed by atoms with Crippen molar-refractivity contribution in [3.63, 3.8) is 0 Å². The van der Waals surface area contributed by atoms with Crippen LogP contribution in [0, 0.1) is 0 Å². The van der Waals surface area contributed by atoms with E-state index < -0.39 is 0 Å². The Hall–Kier alpha value is -0.540. The predicted molar refractivity (Wildman–Crippen MR) is 86.2 cm³/mol. The molecule has 3 rings (SSSR count). The molecule has 1 unspecified atom stereocenters. The third-order valence-corrected chi connectivity index (χ3v) is 6.13. The van der Waals surface area contributed by atoms with Gasteiger partial charge in [0, 0.05) is 23.1 Å². The molecule has 2 heterocycles. The van der Waals surface area contributed by atoms with E-state index in [0.29, 0.717) is 6.04 Å². The molecule has 20 heavy (non-hydrogen) atoms. The molecule has 0 bridgehead atoms. The monoisotopic (exact) mass is 290 g/mol. The van der Waals surface area contributed by atoms with E-state index in [1.54, 1.807) is 0 Å². The molecule has 1 aliphatic heterocycles. The second kappa shape index (κ2) is 6.95. The van der Waals surface area contributed by atoms with Crippen molar-refractivity contribution in [2.24, 2.45) is 0 Å². The van der Waals surface area contributed by atoms with Gasteiger partial charge in [0.1, 0.15) is 5.03 Å². The van der Waals surface area contributed by atoms with Crippen molar-refractivity contribution in [2.75, 3.05) is 13.6 Å². The maximum atomic E-state index is 4.72. The molecule has 1 aliphatic carbocycles. The van der Waals surface area contributed by atoms with Crippen molar-refractivity contribution in [3.05, 3.63) is 23.9 Å². The molecule has 1 saturated carbocycles. The molecule has 2 nitrogen and oxygen atoms in total. The Morgan fingerprint density at radius 1 is 1.10 bits per heavy atom. The number of thioether (sulfide) groups is 1. The maximum absolute atomic E-state index is 4.72. The molecule has 0 radical (unpaired) electrons. The fourth-order valence-electron chi connectivity index (χ4n) is 3.56. The van der Waals surface area contributed by atoms with E-state index in [1.165, 1.54) is 68.5 Å². The summed E-state index contributed by atoms with van der Waals surface area (Å²) in [6, 6.07) is 5.01. The lowest BCUT2D eigenvalue weighted by molar-refractivity contribution is 0.184. The SMILES string of the molecule is CN1CCCCC1c1cccnc1SC1CCCCC1. The van der Waals surface area contributed by atoms with Gasteiger partial charge in [0.15, 0.2) is 0 Å². The van der Waals surface area contributed by atoms with Crippen molar-refractivity contribution in [3.8, 4) is 0 Å². The lowest BCUT2D eigenvalue weighted by Gasteiger charge is -2.34. The first kappa shape index (κ1) is 14.4. The normalized spacial score (nSPS) is 25.8. The smallest absolute Gasteiger partial charge is 0.101 e. The zero-order valence-corrected chi connectivity index (χ0v) is 13.4. The molecule has 1 saturated heterocycles. The molecule has 110 valence electrons. The first-order valence-electron chi connectivity index (χ1n) is 8.16. The van der Waals surface area contributed by atoms with E-state index in [0.717, 1.165) is 5.25 Å². The summed E-state index contributed by atoms with van der Waals surface area (Å²) in [6.45, 7) is 1.23. The van der Waals surface area contributed by atoms with E-state index >= 15 is 0 Å². The van der Waals surface area contributed by atoms with Crippen molar-refractivity contribution < 1.29 is 0 Å². The third-order valence-electron chi connectivity index (χ3n) is 4.76. The van der Waals surface area contributed by atoms with Gasteiger partial charge >= 0.3 is 0 Å². The lowest BCUT2D eigenvalue weighted by Crippen LogP contribution is -2.30. The average molecular weight is 290 g/mol. The Morgan fingerprint density at radius 3 is 2.70 bits per heavy atom. The number of aromatic nitrogens is 1. The van der Waals surface area contributed by atoms with E-state index in [2.05, 4.69) is 24.1 Å². The molecule has 1 aromatic rings. The van der Waals surface area contributed by atoms with Gasteiger partial charge in [-0.3, -0.25) is 4.90 Å². The van der Waals surface area contributed by atoms with Crippen LogP contribution in [-0.2, 0) is 0 Å². The van der Waals surface area contributed by atoms with Gasteiger partial charge < -0.3 is 0 Å². The average Bonchev–Trinajstić information content (AvgIpc) is 2.50. The standard InChI is InChI=1S/C17H26N2S/c1-19-13-6-5-11-16(19)15-10-7-12-18-17(15)20-14-8-3-2-4-9-14/h7,10,12,14,16H,2-6,8-9,11,13H2,1H3. The molecule has 0 aromatic carbocycles. The Morgan fingerprint density at radius 2 is 1.90 bits per heavy atom. The minimum atomic E-state index is 0.587. The van der Waals surface area contributed by atoms with Gasteiger partial charge in [0.05, 0.1) is 0 Å². The Kier molecular flexibility index (Phi) is 5.00. The molecule has 0 amide bonds. The van der Waals surface area contributed by atoms with Gasteiger partial charge in [0.2, 0.25) is 0 Å². The van der Waals surface area contributed by atoms with Crippen LogP contribution in [-0.4, -0.2) is 28.7 Å². The number of rotatable bonds is 3. The van der Waals surface area contributed by atoms with Gasteiger partial charge in [0.25, 0.3) is 0 Å². The number of piperidine rings is 1. The van der Waals surface area contributed by atoms with E-state index in [1.807, 2.05) is 18.0 Å². The van der Waals surface area contributed by atoms with Crippen LogP contribution >= 0.6 is 11.8 Å². The van der Waals surface area contributed by atoms with Crippen LogP contribution in [0.4, 0.5) is 0 Å². The Bertz CT molecular complexity index is 429. The molecule has 1 atom stereocenters. The van der Waals surface area contributed by atoms with Gasteiger partial charge in [-0.15, -0.1) is 11.8 Å². The lowest BCUT2D eigenvalue weighted by atomic mass is 9.97. The number of nitrogens with zero attached hydrogens (tertiary/aromatic N) is 2. The summed E-state index contributed by atoms with van der Waals surface area (Å²) < 4.78 is 0. The summed E-state index contributed by atoms with van der Waals surface area (Å²) in [7, 11) is 2.27. The molecule has 1 aromatic heterocycles. The highest BCUT2D eigenvalue weighted by Gasteiger charge is 2.25. The van der Waals surface area contributed by atoms with Gasteiger partial charge in [-0.05, 0) is 45.3 Å². The van der Waals surface area contributed by atoms with Crippen LogP contribution in [0.2, 0.25) is 0 Å². The summed E-state index contributed by atoms with van der Waals surface area (Å²) in [5.74, 6) is 0. The highest BCUT2D eigenvalue weighted by atomic mass is 32.2. The van der Waals surface area contributed by atoms with Crippen molar-refractivity contribution in [1.29, 1.82) is 0 Å². The maximum Gasteiger partial charge on any atom is 0.101 e. The van der Waals surface area contributed by atoms with Crippen LogP contribution in [0.15, 0.2) is 23.4 Å². The van der Waals surface area contributed by atoms with Crippen molar-refractivity contribution >= 4 is 11.8 Å². The van der Waals surface area contributed by atoms with E-state index in [4.69, 9.17) is 4.98 Å². The van der Waals surface area contributed by atoms with E-state index in [9.17, 15) is 0 Å². The molecule has 0 N–H and O–H groups in total. The largest absolute Gasteiger partial charge is 0.299 e. The molecule has 0 spiro atoms. The van der Waals surface area contributed by atoms with Crippen LogP contribution in [0.3, 0.4) is 0 Å². The summed E-state index contributed by atoms with van der Waals surface area (Å²) in [4.78, 5) is 7.24. The zero-order chi connectivity index (χ0) is 13.8. The number of hydrogen-bond donors (Lipinski definition) is 0. The molecule has 2 fully saturated rings. The second-order valence-corrected chi connectivity index (χ2v) is 7.56. The first-order valence-corrected chi connectivity index (χ1v) is 9.04. The summed E-state index contributed by atoms with van der Waals surface area (Å²) in [6.07, 6.45) is 13.0. The van der Waals surface area contributed by atoms with Crippen molar-refractivity contribution in [1.82, 2.24) is 9.88 Å². The second-order valence-electron chi connectivity index (χ2n) is 6.27. The van der Waals surface area contributed by atoms with Crippen LogP contribution in [0.1, 0.15) is 63.0 Å². The summed E-state index contributed by atoms with van der Waals surface area (Å²) in [5.41, 5.74) is 1.48. The van der Waals surface area contributed by atoms with E-state index in [-0.39, 0.29) is 0 Å². The topological polar surface area (TPSA) is 16.1 Å². The summed E-state index contributed by atoms with van der Waals surface area (Å²) in [5, 5.41) is 2.10. The van der Waals surface area contributed by atoms with Crippen LogP contribution in [0.25, 0.3) is 0 Å². The minimum absolute atomic E-state index is 0.587. The molecule has 2 aliphatic rings. The highest BCUT2D eigenvalue weighted by molar-refractivity contribution is 7.99. The zero-order valence-electron chi connectivity index (χ0n) is 12.6. The van der Waals surface area contributed by atoms with Crippen LogP contribution in [0.5, 0.6) is 0 Å². The van der Waals surface area contributed by atoms with Crippen molar-refractivity contribution in [2.45, 2.75) is 67.7 Å². The van der Waals surface area contributed by atoms with Gasteiger partial charge in [-0.2, -0.15) is 0 Å². The Labute approximate surface area is 127 Å². The molecular weight excluding hydrogens is 264 g/mol. The molecule has 3 heteroatoms. The summed E-state index contributed by atoms with van der Waals surface area (Å²) >= 11 is 2.05. The number of pyridine rings is 1. The first-order chi connectivity index (χ1) is 9.84. The molecular formula is C17H26N2S. The Balaban J connectivity index is 1.76. The fraction of sp³-hybridized carbons (Fsp3) is 0.706. The van der Waals surface area contributed by atoms with Gasteiger partial charge in [-0.1, -0.05) is 31.7 Å². The minimum Gasteiger partial charge on any atom is -0.299 e. The highest BCUT2D eigenvalue weighted by Crippen LogP contribution is 2.39. The van der Waals surface area contributed by atoms with Gasteiger partial charge in [-0.25, -0.2) is 4.98 Å². The van der Waals surface area contributed by atoms with Crippen LogP contribution < -0.4 is 0 Å².